The average molecular weight is 333 g/mol. The Kier molecular flexibility index (Phi) is 4.29. The van der Waals surface area contributed by atoms with Crippen molar-refractivity contribution in [3.8, 4) is 6.07 Å². The molecule has 2 heterocycles. The van der Waals surface area contributed by atoms with Gasteiger partial charge in [0.05, 0.1) is 26.9 Å². The van der Waals surface area contributed by atoms with Crippen LogP contribution in [0.2, 0.25) is 0 Å². The molecular formula is C20H19N3S. The molecule has 2 aromatic carbocycles. The van der Waals surface area contributed by atoms with Crippen molar-refractivity contribution < 1.29 is 0 Å². The number of likely N-dealkylation sites (tertiary alicyclic amines) is 1. The lowest BCUT2D eigenvalue weighted by Gasteiger charge is -2.31. The molecule has 1 fully saturated rings. The molecule has 0 bridgehead atoms. The predicted molar refractivity (Wildman–Crippen MR) is 98.0 cm³/mol. The zero-order chi connectivity index (χ0) is 16.4. The molecule has 0 spiro atoms. The minimum absolute atomic E-state index is 0.587. The van der Waals surface area contributed by atoms with Crippen molar-refractivity contribution in [1.29, 1.82) is 5.26 Å². The van der Waals surface area contributed by atoms with Gasteiger partial charge in [0.15, 0.2) is 0 Å². The molecule has 0 atom stereocenters. The molecule has 1 aromatic heterocycles. The fraction of sp³-hybridized carbons (Fsp3) is 0.300. The highest BCUT2D eigenvalue weighted by Gasteiger charge is 2.23. The van der Waals surface area contributed by atoms with E-state index in [1.807, 2.05) is 29.5 Å². The van der Waals surface area contributed by atoms with Gasteiger partial charge in [0.1, 0.15) is 0 Å². The fourth-order valence-electron chi connectivity index (χ4n) is 3.40. The van der Waals surface area contributed by atoms with E-state index in [-0.39, 0.29) is 0 Å². The van der Waals surface area contributed by atoms with Gasteiger partial charge in [-0.2, -0.15) is 5.26 Å². The van der Waals surface area contributed by atoms with Crippen molar-refractivity contribution >= 4 is 21.6 Å². The van der Waals surface area contributed by atoms with Crippen LogP contribution >= 0.6 is 11.3 Å². The molecule has 1 aliphatic rings. The highest BCUT2D eigenvalue weighted by Crippen LogP contribution is 2.34. The molecule has 0 saturated carbocycles. The summed E-state index contributed by atoms with van der Waals surface area (Å²) in [6, 6.07) is 18.6. The minimum Gasteiger partial charge on any atom is -0.299 e. The lowest BCUT2D eigenvalue weighted by Crippen LogP contribution is -2.32. The lowest BCUT2D eigenvalue weighted by molar-refractivity contribution is 0.204. The van der Waals surface area contributed by atoms with Gasteiger partial charge < -0.3 is 0 Å². The van der Waals surface area contributed by atoms with Crippen LogP contribution in [-0.2, 0) is 6.54 Å². The largest absolute Gasteiger partial charge is 0.299 e. The Morgan fingerprint density at radius 2 is 1.96 bits per heavy atom. The summed E-state index contributed by atoms with van der Waals surface area (Å²) in [6.45, 7) is 3.12. The summed E-state index contributed by atoms with van der Waals surface area (Å²) in [5.41, 5.74) is 3.11. The van der Waals surface area contributed by atoms with Crippen LogP contribution in [0.5, 0.6) is 0 Å². The number of nitrogens with zero attached hydrogens (tertiary/aromatic N) is 3. The highest BCUT2D eigenvalue weighted by molar-refractivity contribution is 7.18. The van der Waals surface area contributed by atoms with E-state index in [1.54, 1.807) is 0 Å². The number of hydrogen-bond donors (Lipinski definition) is 0. The van der Waals surface area contributed by atoms with Gasteiger partial charge in [-0.3, -0.25) is 4.90 Å². The Morgan fingerprint density at radius 1 is 1.12 bits per heavy atom. The van der Waals surface area contributed by atoms with E-state index < -0.39 is 0 Å². The summed E-state index contributed by atoms with van der Waals surface area (Å²) in [4.78, 5) is 7.32. The van der Waals surface area contributed by atoms with Crippen LogP contribution in [0.4, 0.5) is 0 Å². The van der Waals surface area contributed by atoms with Gasteiger partial charge in [-0.25, -0.2) is 4.98 Å². The van der Waals surface area contributed by atoms with Crippen molar-refractivity contribution in [2.75, 3.05) is 13.1 Å². The zero-order valence-corrected chi connectivity index (χ0v) is 14.3. The Bertz CT molecular complexity index is 852. The number of aromatic nitrogens is 1. The molecule has 4 rings (SSSR count). The molecule has 0 radical (unpaired) electrons. The maximum atomic E-state index is 9.02. The monoisotopic (exact) mass is 333 g/mol. The SMILES string of the molecule is N#Cc1cccc(CN2CCC(c3nc4ccccc4s3)CC2)c1. The summed E-state index contributed by atoms with van der Waals surface area (Å²) in [6.07, 6.45) is 2.33. The molecular weight excluding hydrogens is 314 g/mol. The Morgan fingerprint density at radius 3 is 2.75 bits per heavy atom. The van der Waals surface area contributed by atoms with Crippen LogP contribution in [0.1, 0.15) is 34.9 Å². The molecule has 24 heavy (non-hydrogen) atoms. The Hall–Kier alpha value is -2.22. The van der Waals surface area contributed by atoms with Crippen LogP contribution < -0.4 is 0 Å². The van der Waals surface area contributed by atoms with Gasteiger partial charge in [0.2, 0.25) is 0 Å². The second-order valence-electron chi connectivity index (χ2n) is 6.38. The third-order valence-electron chi connectivity index (χ3n) is 4.71. The van der Waals surface area contributed by atoms with E-state index in [0.29, 0.717) is 5.92 Å². The zero-order valence-electron chi connectivity index (χ0n) is 13.5. The van der Waals surface area contributed by atoms with Gasteiger partial charge in [-0.15, -0.1) is 11.3 Å². The Labute approximate surface area is 146 Å². The molecule has 4 heteroatoms. The molecule has 0 unspecified atom stereocenters. The van der Waals surface area contributed by atoms with E-state index in [4.69, 9.17) is 10.2 Å². The topological polar surface area (TPSA) is 39.9 Å². The number of benzene rings is 2. The fourth-order valence-corrected chi connectivity index (χ4v) is 4.54. The molecule has 0 amide bonds. The van der Waals surface area contributed by atoms with Crippen molar-refractivity contribution in [3.05, 3.63) is 64.7 Å². The van der Waals surface area contributed by atoms with Gasteiger partial charge in [0.25, 0.3) is 0 Å². The number of fused-ring (bicyclic) bond motifs is 1. The van der Waals surface area contributed by atoms with Crippen LogP contribution in [0.3, 0.4) is 0 Å². The van der Waals surface area contributed by atoms with Crippen molar-refractivity contribution in [2.24, 2.45) is 0 Å². The second-order valence-corrected chi connectivity index (χ2v) is 7.44. The van der Waals surface area contributed by atoms with Crippen molar-refractivity contribution in [2.45, 2.75) is 25.3 Å². The third-order valence-corrected chi connectivity index (χ3v) is 5.91. The predicted octanol–water partition coefficient (Wildman–Crippen LogP) is 4.55. The van der Waals surface area contributed by atoms with E-state index in [1.165, 1.54) is 15.3 Å². The molecule has 1 saturated heterocycles. The molecule has 0 aliphatic carbocycles. The summed E-state index contributed by atoms with van der Waals surface area (Å²) in [7, 11) is 0. The number of para-hydroxylation sites is 1. The first kappa shape index (κ1) is 15.3. The molecule has 120 valence electrons. The van der Waals surface area contributed by atoms with Crippen molar-refractivity contribution in [3.63, 3.8) is 0 Å². The van der Waals surface area contributed by atoms with Crippen LogP contribution in [0, 0.1) is 11.3 Å². The van der Waals surface area contributed by atoms with Gasteiger partial charge >= 0.3 is 0 Å². The van der Waals surface area contributed by atoms with Gasteiger partial charge in [0, 0.05) is 12.5 Å². The summed E-state index contributed by atoms with van der Waals surface area (Å²) in [5, 5.41) is 10.3. The molecule has 0 N–H and O–H groups in total. The maximum Gasteiger partial charge on any atom is 0.0991 e. The number of hydrogen-bond acceptors (Lipinski definition) is 4. The van der Waals surface area contributed by atoms with E-state index in [0.717, 1.165) is 43.6 Å². The third kappa shape index (κ3) is 3.19. The van der Waals surface area contributed by atoms with Crippen LogP contribution in [0.25, 0.3) is 10.2 Å². The maximum absolute atomic E-state index is 9.02. The Balaban J connectivity index is 1.40. The van der Waals surface area contributed by atoms with Gasteiger partial charge in [-0.1, -0.05) is 24.3 Å². The second kappa shape index (κ2) is 6.72. The van der Waals surface area contributed by atoms with E-state index in [9.17, 15) is 0 Å². The van der Waals surface area contributed by atoms with Crippen LogP contribution in [-0.4, -0.2) is 23.0 Å². The number of piperidine rings is 1. The average Bonchev–Trinajstić information content (AvgIpc) is 3.06. The first-order valence-corrected chi connectivity index (χ1v) is 9.20. The number of thiazole rings is 1. The molecule has 3 nitrogen and oxygen atoms in total. The summed E-state index contributed by atoms with van der Waals surface area (Å²) in [5.74, 6) is 0.587. The standard InChI is InChI=1S/C20H19N3S/c21-13-15-4-3-5-16(12-15)14-23-10-8-17(9-11-23)20-22-18-6-1-2-7-19(18)24-20/h1-7,12,17H,8-11,14H2. The first-order chi connectivity index (χ1) is 11.8. The molecule has 1 aliphatic heterocycles. The van der Waals surface area contributed by atoms with Crippen LogP contribution in [0.15, 0.2) is 48.5 Å². The summed E-state index contributed by atoms with van der Waals surface area (Å²) < 4.78 is 1.29. The van der Waals surface area contributed by atoms with Gasteiger partial charge in [-0.05, 0) is 55.8 Å². The minimum atomic E-state index is 0.587. The smallest absolute Gasteiger partial charge is 0.0991 e. The highest BCUT2D eigenvalue weighted by atomic mass is 32.1. The summed E-state index contributed by atoms with van der Waals surface area (Å²) >= 11 is 1.85. The normalized spacial score (nSPS) is 16.3. The van der Waals surface area contributed by atoms with E-state index in [2.05, 4.69) is 41.3 Å². The lowest BCUT2D eigenvalue weighted by atomic mass is 9.97. The van der Waals surface area contributed by atoms with E-state index >= 15 is 0 Å². The first-order valence-electron chi connectivity index (χ1n) is 8.39. The quantitative estimate of drug-likeness (QED) is 0.706. The number of nitriles is 1. The molecule has 3 aromatic rings. The number of rotatable bonds is 3. The van der Waals surface area contributed by atoms with Crippen molar-refractivity contribution in [1.82, 2.24) is 9.88 Å².